The van der Waals surface area contributed by atoms with Gasteiger partial charge in [-0.1, -0.05) is 17.4 Å². The van der Waals surface area contributed by atoms with Gasteiger partial charge in [0.15, 0.2) is 5.13 Å². The molecule has 0 radical (unpaired) electrons. The van der Waals surface area contributed by atoms with Crippen LogP contribution in [-0.2, 0) is 16.6 Å². The molecular formula is C27H24N6O4S2. The van der Waals surface area contributed by atoms with Crippen molar-refractivity contribution in [3.8, 4) is 17.9 Å². The average molecular weight is 561 g/mol. The van der Waals surface area contributed by atoms with Crippen LogP contribution in [0.25, 0.3) is 10.2 Å². The van der Waals surface area contributed by atoms with Crippen LogP contribution in [0, 0.1) is 22.7 Å². The number of nitriles is 2. The maximum absolute atomic E-state index is 13.7. The molecule has 2 aromatic heterocycles. The quantitative estimate of drug-likeness (QED) is 0.263. The van der Waals surface area contributed by atoms with Crippen molar-refractivity contribution in [1.82, 2.24) is 14.3 Å². The van der Waals surface area contributed by atoms with E-state index >= 15 is 0 Å². The van der Waals surface area contributed by atoms with E-state index in [2.05, 4.69) is 9.97 Å². The summed E-state index contributed by atoms with van der Waals surface area (Å²) in [6.07, 6.45) is 1.64. The number of amides is 1. The fourth-order valence-corrected chi connectivity index (χ4v) is 6.22. The van der Waals surface area contributed by atoms with Crippen molar-refractivity contribution in [2.45, 2.75) is 24.3 Å². The van der Waals surface area contributed by atoms with Crippen LogP contribution in [0.2, 0.25) is 0 Å². The summed E-state index contributed by atoms with van der Waals surface area (Å²) in [6.45, 7) is 0.107. The van der Waals surface area contributed by atoms with Crippen LogP contribution in [-0.4, -0.2) is 48.8 Å². The molecule has 1 amide bonds. The van der Waals surface area contributed by atoms with Crippen LogP contribution in [0.3, 0.4) is 0 Å². The topological polar surface area (TPSA) is 140 Å². The van der Waals surface area contributed by atoms with Gasteiger partial charge in [0.1, 0.15) is 5.75 Å². The Labute approximate surface area is 230 Å². The van der Waals surface area contributed by atoms with Gasteiger partial charge < -0.3 is 4.74 Å². The summed E-state index contributed by atoms with van der Waals surface area (Å²) >= 11 is 1.33. The van der Waals surface area contributed by atoms with Gasteiger partial charge >= 0.3 is 0 Å². The monoisotopic (exact) mass is 560 g/mol. The molecule has 0 aliphatic rings. The highest BCUT2D eigenvalue weighted by Gasteiger charge is 2.26. The number of rotatable bonds is 11. The zero-order chi connectivity index (χ0) is 27.8. The molecule has 4 rings (SSSR count). The van der Waals surface area contributed by atoms with E-state index in [0.29, 0.717) is 22.1 Å². The average Bonchev–Trinajstić information content (AvgIpc) is 3.39. The summed E-state index contributed by atoms with van der Waals surface area (Å²) in [7, 11) is -2.38. The summed E-state index contributed by atoms with van der Waals surface area (Å²) in [4.78, 5) is 24.2. The van der Waals surface area contributed by atoms with E-state index in [1.807, 2.05) is 36.4 Å². The second-order valence-electron chi connectivity index (χ2n) is 8.29. The number of anilines is 1. The lowest BCUT2D eigenvalue weighted by Crippen LogP contribution is -2.33. The lowest BCUT2D eigenvalue weighted by atomic mass is 10.2. The Morgan fingerprint density at radius 2 is 1.74 bits per heavy atom. The minimum Gasteiger partial charge on any atom is -0.497 e. The van der Waals surface area contributed by atoms with E-state index < -0.39 is 10.0 Å². The van der Waals surface area contributed by atoms with Gasteiger partial charge in [-0.2, -0.15) is 14.8 Å². The van der Waals surface area contributed by atoms with Crippen molar-refractivity contribution in [2.24, 2.45) is 0 Å². The van der Waals surface area contributed by atoms with Crippen molar-refractivity contribution in [1.29, 1.82) is 10.5 Å². The molecule has 0 atom stereocenters. The molecule has 0 unspecified atom stereocenters. The van der Waals surface area contributed by atoms with Crippen LogP contribution in [0.4, 0.5) is 5.13 Å². The fraction of sp³-hybridized carbons (Fsp3) is 0.222. The van der Waals surface area contributed by atoms with E-state index in [9.17, 15) is 13.2 Å². The first-order valence-electron chi connectivity index (χ1n) is 11.9. The number of sulfonamides is 1. The highest BCUT2D eigenvalue weighted by atomic mass is 32.2. The van der Waals surface area contributed by atoms with Crippen molar-refractivity contribution in [3.63, 3.8) is 0 Å². The van der Waals surface area contributed by atoms with E-state index in [4.69, 9.17) is 15.3 Å². The van der Waals surface area contributed by atoms with Crippen molar-refractivity contribution in [3.05, 3.63) is 78.1 Å². The zero-order valence-electron chi connectivity index (χ0n) is 21.0. The number of hydrogen-bond donors (Lipinski definition) is 0. The number of methoxy groups -OCH3 is 1. The molecule has 0 saturated carbocycles. The second-order valence-corrected chi connectivity index (χ2v) is 11.2. The molecule has 39 heavy (non-hydrogen) atoms. The smallest absolute Gasteiger partial charge is 0.260 e. The molecule has 12 heteroatoms. The van der Waals surface area contributed by atoms with Gasteiger partial charge in [0.2, 0.25) is 10.0 Å². The molecular weight excluding hydrogens is 536 g/mol. The lowest BCUT2D eigenvalue weighted by Gasteiger charge is -2.21. The van der Waals surface area contributed by atoms with Gasteiger partial charge in [-0.25, -0.2) is 13.4 Å². The minimum atomic E-state index is -3.96. The normalized spacial score (nSPS) is 11.2. The molecule has 0 N–H and O–H groups in total. The maximum Gasteiger partial charge on any atom is 0.260 e. The first-order valence-corrected chi connectivity index (χ1v) is 14.1. The van der Waals surface area contributed by atoms with E-state index in [-0.39, 0.29) is 48.8 Å². The third-order valence-electron chi connectivity index (χ3n) is 5.79. The Balaban J connectivity index is 1.66. The standard InChI is InChI=1S/C27H24N6O4S2/c1-37-22-9-12-24-25(18-22)38-27(31-24)33(19-21-6-2-3-15-30-21)26(34)20-7-10-23(11-8-20)39(35,36)32(16-4-13-28)17-5-14-29/h2-3,6-12,15,18H,4-5,16-17,19H2,1H3. The van der Waals surface area contributed by atoms with Gasteiger partial charge in [0.05, 0.1) is 46.6 Å². The number of pyridine rings is 1. The number of aromatic nitrogens is 2. The summed E-state index contributed by atoms with van der Waals surface area (Å²) in [6, 6.07) is 20.4. The van der Waals surface area contributed by atoms with Gasteiger partial charge in [-0.15, -0.1) is 0 Å². The van der Waals surface area contributed by atoms with Crippen LogP contribution < -0.4 is 9.64 Å². The molecule has 0 aliphatic carbocycles. The highest BCUT2D eigenvalue weighted by molar-refractivity contribution is 7.89. The fourth-order valence-electron chi connectivity index (χ4n) is 3.79. The van der Waals surface area contributed by atoms with Crippen molar-refractivity contribution >= 4 is 42.6 Å². The first kappa shape index (κ1) is 27.7. The Hall–Kier alpha value is -4.36. The van der Waals surface area contributed by atoms with Crippen molar-refractivity contribution < 1.29 is 17.9 Å². The molecule has 4 aromatic rings. The number of carbonyl (C=O) groups is 1. The summed E-state index contributed by atoms with van der Waals surface area (Å²) < 4.78 is 33.6. The predicted octanol–water partition coefficient (Wildman–Crippen LogP) is 4.36. The van der Waals surface area contributed by atoms with Crippen LogP contribution in [0.15, 0.2) is 71.8 Å². The zero-order valence-corrected chi connectivity index (χ0v) is 22.7. The Kier molecular flexibility index (Phi) is 8.84. The molecule has 2 heterocycles. The Morgan fingerprint density at radius 1 is 1.03 bits per heavy atom. The molecule has 0 saturated heterocycles. The second kappa shape index (κ2) is 12.5. The number of hydrogen-bond acceptors (Lipinski definition) is 9. The van der Waals surface area contributed by atoms with Crippen LogP contribution in [0.1, 0.15) is 28.9 Å². The van der Waals surface area contributed by atoms with E-state index in [1.54, 1.807) is 25.4 Å². The Morgan fingerprint density at radius 3 is 2.36 bits per heavy atom. The minimum absolute atomic E-state index is 0.00223. The SMILES string of the molecule is COc1ccc2nc(N(Cc3ccccn3)C(=O)c3ccc(S(=O)(=O)N(CCC#N)CCC#N)cc3)sc2c1. The first-order chi connectivity index (χ1) is 18.9. The maximum atomic E-state index is 13.7. The van der Waals surface area contributed by atoms with Gasteiger partial charge in [0, 0.05) is 37.7 Å². The number of benzene rings is 2. The number of fused-ring (bicyclic) bond motifs is 1. The summed E-state index contributed by atoms with van der Waals surface area (Å²) in [5.41, 5.74) is 1.64. The van der Waals surface area contributed by atoms with Gasteiger partial charge in [0.25, 0.3) is 5.91 Å². The number of carbonyl (C=O) groups excluding carboxylic acids is 1. The lowest BCUT2D eigenvalue weighted by molar-refractivity contribution is 0.0984. The molecule has 198 valence electrons. The summed E-state index contributed by atoms with van der Waals surface area (Å²) in [5.74, 6) is 0.303. The Bertz CT molecular complexity index is 1620. The molecule has 0 bridgehead atoms. The third-order valence-corrected chi connectivity index (χ3v) is 8.75. The molecule has 0 aliphatic heterocycles. The van der Waals surface area contributed by atoms with E-state index in [1.165, 1.54) is 40.5 Å². The molecule has 0 spiro atoms. The van der Waals surface area contributed by atoms with Crippen LogP contribution in [0.5, 0.6) is 5.75 Å². The number of ether oxygens (including phenoxy) is 1. The van der Waals surface area contributed by atoms with Crippen molar-refractivity contribution in [2.75, 3.05) is 25.1 Å². The van der Waals surface area contributed by atoms with Gasteiger partial charge in [-0.05, 0) is 54.6 Å². The highest BCUT2D eigenvalue weighted by Crippen LogP contribution is 2.33. The largest absolute Gasteiger partial charge is 0.497 e. The van der Waals surface area contributed by atoms with Crippen LogP contribution >= 0.6 is 11.3 Å². The molecule has 2 aromatic carbocycles. The predicted molar refractivity (Wildman–Crippen MR) is 147 cm³/mol. The van der Waals surface area contributed by atoms with Gasteiger partial charge in [-0.3, -0.25) is 14.7 Å². The number of thiazole rings is 1. The molecule has 0 fully saturated rings. The number of nitrogens with zero attached hydrogens (tertiary/aromatic N) is 6. The van der Waals surface area contributed by atoms with E-state index in [0.717, 1.165) is 9.01 Å². The summed E-state index contributed by atoms with van der Waals surface area (Å²) in [5, 5.41) is 18.3. The molecule has 10 nitrogen and oxygen atoms in total. The third kappa shape index (κ3) is 6.38.